The van der Waals surface area contributed by atoms with Gasteiger partial charge in [-0.3, -0.25) is 0 Å². The summed E-state index contributed by atoms with van der Waals surface area (Å²) in [5.41, 5.74) is 0.976. The summed E-state index contributed by atoms with van der Waals surface area (Å²) in [5.74, 6) is 3.69. The van der Waals surface area contributed by atoms with Gasteiger partial charge in [-0.1, -0.05) is 59.6 Å². The van der Waals surface area contributed by atoms with E-state index in [1.165, 1.54) is 25.7 Å². The third kappa shape index (κ3) is 11.3. The van der Waals surface area contributed by atoms with Crippen LogP contribution in [0.5, 0.6) is 17.2 Å². The summed E-state index contributed by atoms with van der Waals surface area (Å²) in [6.07, 6.45) is 5.21. The molecule has 5 nitrogen and oxygen atoms in total. The van der Waals surface area contributed by atoms with Gasteiger partial charge in [-0.25, -0.2) is 4.79 Å². The first-order valence-corrected chi connectivity index (χ1v) is 16.6. The Labute approximate surface area is 266 Å². The maximum Gasteiger partial charge on any atom is 0.344 e. The molecule has 0 heterocycles. The quantitative estimate of drug-likeness (QED) is 0.172. The molecule has 3 aromatic rings. The van der Waals surface area contributed by atoms with E-state index in [9.17, 15) is 4.79 Å². The van der Waals surface area contributed by atoms with Gasteiger partial charge in [0.2, 0.25) is 0 Å². The molecular weight excluding hydrogens is 724 g/mol. The molecule has 0 radical (unpaired) electrons. The summed E-state index contributed by atoms with van der Waals surface area (Å²) < 4.78 is 25.1. The molecule has 0 atom stereocenters. The first-order valence-electron chi connectivity index (χ1n) is 13.4. The molecule has 2 saturated carbocycles. The first-order chi connectivity index (χ1) is 19.3. The van der Waals surface area contributed by atoms with Crippen molar-refractivity contribution >= 4 is 65.5 Å². The minimum absolute atomic E-state index is 0.0749. The van der Waals surface area contributed by atoms with Crippen molar-refractivity contribution in [2.45, 2.75) is 49.3 Å². The lowest BCUT2D eigenvalue weighted by molar-refractivity contribution is -0.145. The Morgan fingerprint density at radius 1 is 0.775 bits per heavy atom. The largest absolute Gasteiger partial charge is 0.493 e. The molecule has 0 saturated heterocycles. The second-order valence-corrected chi connectivity index (χ2v) is 13.8. The van der Waals surface area contributed by atoms with Crippen LogP contribution in [0.4, 0.5) is 0 Å². The molecule has 214 valence electrons. The molecule has 40 heavy (non-hydrogen) atoms. The smallest absolute Gasteiger partial charge is 0.344 e. The summed E-state index contributed by atoms with van der Waals surface area (Å²) >= 11 is 12.1. The summed E-state index contributed by atoms with van der Waals surface area (Å²) in [5, 5.41) is 0. The van der Waals surface area contributed by atoms with Gasteiger partial charge in [-0.05, 0) is 112 Å². The number of hydrogen-bond donors (Lipinski definition) is 0. The van der Waals surface area contributed by atoms with Crippen molar-refractivity contribution in [3.05, 3.63) is 73.6 Å². The van der Waals surface area contributed by atoms with Gasteiger partial charge in [0, 0.05) is 23.2 Å². The maximum absolute atomic E-state index is 11.4. The third-order valence-electron chi connectivity index (χ3n) is 6.08. The van der Waals surface area contributed by atoms with E-state index < -0.39 is 0 Å². The number of aryl methyl sites for hydroxylation is 1. The van der Waals surface area contributed by atoms with Crippen LogP contribution in [-0.4, -0.2) is 32.4 Å². The lowest BCUT2D eigenvalue weighted by atomic mass is 10.2. The normalized spacial score (nSPS) is 14.1. The van der Waals surface area contributed by atoms with Gasteiger partial charge < -0.3 is 18.9 Å². The standard InChI is InChI=1S/C21H23BrO4S.C10H10Br2O/c1-3-24-21(23)13-26-20-7-6-18(8-14(20)2)27-19-10-16(22)9-17(11-19)25-12-15-4-5-15;11-8-3-9(12)5-10(4-8)13-6-7-1-2-7/h6-11,15H,3-5,12-13H2,1-2H3;3-5,7H,1-2,6H2. The van der Waals surface area contributed by atoms with Gasteiger partial charge in [0.15, 0.2) is 6.61 Å². The number of hydrogen-bond acceptors (Lipinski definition) is 6. The summed E-state index contributed by atoms with van der Waals surface area (Å²) in [6, 6.07) is 18.1. The van der Waals surface area contributed by atoms with Crippen molar-refractivity contribution in [3.8, 4) is 17.2 Å². The number of carbonyl (C=O) groups excluding carboxylic acids is 1. The number of esters is 1. The van der Waals surface area contributed by atoms with E-state index in [2.05, 4.69) is 66.0 Å². The molecule has 0 amide bonds. The molecule has 0 N–H and O–H groups in total. The van der Waals surface area contributed by atoms with Crippen LogP contribution in [0, 0.1) is 18.8 Å². The van der Waals surface area contributed by atoms with Crippen LogP contribution in [-0.2, 0) is 9.53 Å². The molecule has 0 aromatic heterocycles. The van der Waals surface area contributed by atoms with Gasteiger partial charge in [-0.2, -0.15) is 0 Å². The number of benzene rings is 3. The minimum atomic E-state index is -0.358. The summed E-state index contributed by atoms with van der Waals surface area (Å²) in [7, 11) is 0. The van der Waals surface area contributed by atoms with Crippen molar-refractivity contribution in [2.75, 3.05) is 26.4 Å². The van der Waals surface area contributed by atoms with Gasteiger partial charge in [0.1, 0.15) is 17.2 Å². The average molecular weight is 757 g/mol. The van der Waals surface area contributed by atoms with Crippen molar-refractivity contribution in [3.63, 3.8) is 0 Å². The molecule has 9 heteroatoms. The Morgan fingerprint density at radius 2 is 1.35 bits per heavy atom. The lowest BCUT2D eigenvalue weighted by Gasteiger charge is -2.11. The number of ether oxygens (including phenoxy) is 4. The first kappa shape index (κ1) is 31.3. The van der Waals surface area contributed by atoms with Crippen molar-refractivity contribution in [2.24, 2.45) is 11.8 Å². The number of carbonyl (C=O) groups is 1. The van der Waals surface area contributed by atoms with Crippen LogP contribution in [0.15, 0.2) is 77.8 Å². The molecule has 0 spiro atoms. The molecule has 5 rings (SSSR count). The van der Waals surface area contributed by atoms with Crippen LogP contribution in [0.3, 0.4) is 0 Å². The predicted octanol–water partition coefficient (Wildman–Crippen LogP) is 9.64. The van der Waals surface area contributed by atoms with Crippen molar-refractivity contribution in [1.29, 1.82) is 0 Å². The molecule has 0 bridgehead atoms. The van der Waals surface area contributed by atoms with Crippen LogP contribution in [0.2, 0.25) is 0 Å². The highest BCUT2D eigenvalue weighted by Gasteiger charge is 2.22. The zero-order valence-corrected chi connectivity index (χ0v) is 28.2. The van der Waals surface area contributed by atoms with E-state index in [-0.39, 0.29) is 12.6 Å². The number of halogens is 3. The van der Waals surface area contributed by atoms with E-state index in [0.29, 0.717) is 12.4 Å². The molecule has 2 fully saturated rings. The zero-order valence-electron chi connectivity index (χ0n) is 22.6. The highest BCUT2D eigenvalue weighted by molar-refractivity contribution is 9.11. The fourth-order valence-electron chi connectivity index (χ4n) is 3.61. The Morgan fingerprint density at radius 3 is 1.90 bits per heavy atom. The molecule has 2 aliphatic carbocycles. The molecule has 0 aliphatic heterocycles. The molecular formula is C31H33Br3O5S. The predicted molar refractivity (Wildman–Crippen MR) is 170 cm³/mol. The zero-order chi connectivity index (χ0) is 28.5. The highest BCUT2D eigenvalue weighted by atomic mass is 79.9. The van der Waals surface area contributed by atoms with E-state index in [4.69, 9.17) is 18.9 Å². The lowest BCUT2D eigenvalue weighted by Crippen LogP contribution is -2.14. The van der Waals surface area contributed by atoms with E-state index >= 15 is 0 Å². The second-order valence-electron chi connectivity index (χ2n) is 9.86. The Balaban J connectivity index is 0.000000236. The van der Waals surface area contributed by atoms with Gasteiger partial charge in [0.25, 0.3) is 0 Å². The highest BCUT2D eigenvalue weighted by Crippen LogP contribution is 2.36. The van der Waals surface area contributed by atoms with Crippen LogP contribution in [0.1, 0.15) is 38.2 Å². The SMILES string of the molecule is Brc1cc(Br)cc(OCC2CC2)c1.CCOC(=O)COc1ccc(Sc2cc(Br)cc(OCC3CC3)c2)cc1C. The number of rotatable bonds is 12. The van der Waals surface area contributed by atoms with E-state index in [1.807, 2.05) is 43.3 Å². The average Bonchev–Trinajstić information content (AvgIpc) is 3.81. The fourth-order valence-corrected chi connectivity index (χ4v) is 6.49. The topological polar surface area (TPSA) is 54.0 Å². The van der Waals surface area contributed by atoms with Gasteiger partial charge in [-0.15, -0.1) is 0 Å². The second kappa shape index (κ2) is 15.5. The minimum Gasteiger partial charge on any atom is -0.493 e. The molecule has 3 aromatic carbocycles. The molecule has 2 aliphatic rings. The Hall–Kier alpha value is -1.68. The van der Waals surface area contributed by atoms with Gasteiger partial charge >= 0.3 is 5.97 Å². The summed E-state index contributed by atoms with van der Waals surface area (Å²) in [6.45, 7) is 5.69. The third-order valence-corrected chi connectivity index (χ3v) is 8.41. The van der Waals surface area contributed by atoms with E-state index in [0.717, 1.165) is 65.3 Å². The summed E-state index contributed by atoms with van der Waals surface area (Å²) in [4.78, 5) is 13.6. The monoisotopic (exact) mass is 754 g/mol. The Kier molecular flexibility index (Phi) is 12.1. The van der Waals surface area contributed by atoms with Gasteiger partial charge in [0.05, 0.1) is 19.8 Å². The van der Waals surface area contributed by atoms with E-state index in [1.54, 1.807) is 18.7 Å². The van der Waals surface area contributed by atoms with Crippen LogP contribution >= 0.6 is 59.6 Å². The van der Waals surface area contributed by atoms with Crippen molar-refractivity contribution in [1.82, 2.24) is 0 Å². The molecule has 0 unspecified atom stereocenters. The van der Waals surface area contributed by atoms with Crippen LogP contribution < -0.4 is 14.2 Å². The maximum atomic E-state index is 11.4. The van der Waals surface area contributed by atoms with Crippen LogP contribution in [0.25, 0.3) is 0 Å². The Bertz CT molecular complexity index is 1270. The fraction of sp³-hybridized carbons (Fsp3) is 0.387. The van der Waals surface area contributed by atoms with Crippen molar-refractivity contribution < 1.29 is 23.7 Å².